The number of pyridine rings is 1. The van der Waals surface area contributed by atoms with Gasteiger partial charge in [0.2, 0.25) is 5.69 Å². The van der Waals surface area contributed by atoms with Gasteiger partial charge in [0.25, 0.3) is 5.56 Å². The van der Waals surface area contributed by atoms with Crippen LogP contribution in [0, 0.1) is 0 Å². The molecule has 10 heteroatoms. The summed E-state index contributed by atoms with van der Waals surface area (Å²) in [6, 6.07) is 20.1. The number of thioether (sulfide) groups is 1. The fourth-order valence-electron chi connectivity index (χ4n) is 4.23. The van der Waals surface area contributed by atoms with Crippen molar-refractivity contribution in [2.75, 3.05) is 11.9 Å². The second-order valence-electron chi connectivity index (χ2n) is 8.32. The van der Waals surface area contributed by atoms with Crippen LogP contribution in [0.2, 0.25) is 0 Å². The van der Waals surface area contributed by atoms with Gasteiger partial charge in [-0.25, -0.2) is 0 Å². The van der Waals surface area contributed by atoms with E-state index in [0.717, 1.165) is 33.7 Å². The highest BCUT2D eigenvalue weighted by Gasteiger charge is 2.38. The average molecular weight is 562 g/mol. The predicted octanol–water partition coefficient (Wildman–Crippen LogP) is 1.42. The smallest absolute Gasteiger partial charge is 0.417 e. The fourth-order valence-corrected chi connectivity index (χ4v) is 6.83. The third kappa shape index (κ3) is 5.21. The number of thiazole rings is 1. The molecule has 0 amide bonds. The minimum Gasteiger partial charge on any atom is -1.00 e. The SMILES string of the molecule is CCn1c(=O)/c(=C2\Sc3c(cccc3C(F)(F)F)N2C)s/c1=C\c1cccc[n+]1Cc1ccccc1.[Cl-]. The second-order valence-corrected chi connectivity index (χ2v) is 10.3. The van der Waals surface area contributed by atoms with Crippen LogP contribution in [-0.2, 0) is 19.3 Å². The number of aromatic nitrogens is 2. The number of anilines is 1. The first kappa shape index (κ1) is 27.0. The van der Waals surface area contributed by atoms with Crippen LogP contribution in [0.4, 0.5) is 18.9 Å². The Morgan fingerprint density at radius 2 is 1.73 bits per heavy atom. The van der Waals surface area contributed by atoms with Crippen molar-refractivity contribution in [2.45, 2.75) is 31.1 Å². The molecule has 3 heterocycles. The summed E-state index contributed by atoms with van der Waals surface area (Å²) in [5, 5.41) is 0.517. The minimum absolute atomic E-state index is 0. The van der Waals surface area contributed by atoms with Gasteiger partial charge < -0.3 is 17.3 Å². The van der Waals surface area contributed by atoms with E-state index < -0.39 is 11.7 Å². The third-order valence-corrected chi connectivity index (χ3v) is 8.58. The molecule has 0 radical (unpaired) electrons. The fraction of sp³-hybridized carbons (Fsp3) is 0.185. The normalized spacial score (nSPS) is 15.1. The Hall–Kier alpha value is -3.01. The molecule has 5 rings (SSSR count). The van der Waals surface area contributed by atoms with Crippen molar-refractivity contribution in [1.29, 1.82) is 0 Å². The Morgan fingerprint density at radius 1 is 1.00 bits per heavy atom. The number of fused-ring (bicyclic) bond motifs is 1. The molecule has 0 saturated carbocycles. The molecule has 1 aliphatic heterocycles. The average Bonchev–Trinajstić information content (AvgIpc) is 3.36. The number of nitrogens with zero attached hydrogens (tertiary/aromatic N) is 3. The van der Waals surface area contributed by atoms with Crippen LogP contribution in [0.5, 0.6) is 0 Å². The Kier molecular flexibility index (Phi) is 7.87. The lowest BCUT2D eigenvalue weighted by atomic mass is 10.2. The van der Waals surface area contributed by atoms with Gasteiger partial charge in [0.05, 0.1) is 11.3 Å². The summed E-state index contributed by atoms with van der Waals surface area (Å²) in [4.78, 5) is 15.2. The van der Waals surface area contributed by atoms with Gasteiger partial charge >= 0.3 is 6.18 Å². The molecule has 4 nitrogen and oxygen atoms in total. The quantitative estimate of drug-likeness (QED) is 0.353. The summed E-state index contributed by atoms with van der Waals surface area (Å²) in [6.45, 7) is 3.02. The number of halogens is 4. The van der Waals surface area contributed by atoms with Gasteiger partial charge in [-0.1, -0.05) is 48.2 Å². The summed E-state index contributed by atoms with van der Waals surface area (Å²) < 4.78 is 45.8. The number of hydrogen-bond donors (Lipinski definition) is 0. The first-order valence-electron chi connectivity index (χ1n) is 11.4. The van der Waals surface area contributed by atoms with E-state index in [1.807, 2.05) is 55.6 Å². The molecule has 0 spiro atoms. The lowest BCUT2D eigenvalue weighted by Crippen LogP contribution is -3.00. The van der Waals surface area contributed by atoms with Crippen LogP contribution in [0.25, 0.3) is 11.1 Å². The first-order chi connectivity index (χ1) is 17.3. The molecule has 0 unspecified atom stereocenters. The zero-order valence-corrected chi connectivity index (χ0v) is 22.4. The maximum atomic E-state index is 13.6. The maximum absolute atomic E-state index is 13.6. The van der Waals surface area contributed by atoms with Crippen molar-refractivity contribution >= 4 is 39.9 Å². The highest BCUT2D eigenvalue weighted by Crippen LogP contribution is 2.50. The van der Waals surface area contributed by atoms with Crippen LogP contribution in [0.1, 0.15) is 23.7 Å². The molecule has 4 aromatic rings. The summed E-state index contributed by atoms with van der Waals surface area (Å²) in [7, 11) is 1.71. The molecule has 2 aromatic carbocycles. The largest absolute Gasteiger partial charge is 1.00 e. The van der Waals surface area contributed by atoms with Crippen molar-refractivity contribution in [3.8, 4) is 0 Å². The van der Waals surface area contributed by atoms with E-state index in [1.165, 1.54) is 17.4 Å². The van der Waals surface area contributed by atoms with E-state index in [9.17, 15) is 18.0 Å². The first-order valence-corrected chi connectivity index (χ1v) is 13.0. The molecule has 2 aromatic heterocycles. The third-order valence-electron chi connectivity index (χ3n) is 6.03. The van der Waals surface area contributed by atoms with Crippen molar-refractivity contribution in [1.82, 2.24) is 4.57 Å². The summed E-state index contributed by atoms with van der Waals surface area (Å²) in [6.07, 6.45) is -0.505. The molecule has 0 saturated heterocycles. The molecule has 37 heavy (non-hydrogen) atoms. The van der Waals surface area contributed by atoms with Gasteiger partial charge in [0.15, 0.2) is 12.7 Å². The van der Waals surface area contributed by atoms with Gasteiger partial charge in [0.1, 0.15) is 14.2 Å². The lowest BCUT2D eigenvalue weighted by Gasteiger charge is -2.13. The van der Waals surface area contributed by atoms with E-state index in [2.05, 4.69) is 16.7 Å². The Balaban J connectivity index is 0.00000320. The zero-order valence-electron chi connectivity index (χ0n) is 20.0. The maximum Gasteiger partial charge on any atom is 0.417 e. The molecule has 1 aliphatic rings. The zero-order chi connectivity index (χ0) is 25.4. The van der Waals surface area contributed by atoms with E-state index >= 15 is 0 Å². The number of benzene rings is 2. The van der Waals surface area contributed by atoms with Gasteiger partial charge in [-0.15, -0.1) is 11.3 Å². The van der Waals surface area contributed by atoms with Gasteiger partial charge in [-0.05, 0) is 25.1 Å². The molecule has 0 bridgehead atoms. The van der Waals surface area contributed by atoms with Crippen molar-refractivity contribution in [3.63, 3.8) is 0 Å². The van der Waals surface area contributed by atoms with Crippen LogP contribution in [0.15, 0.2) is 82.6 Å². The second kappa shape index (κ2) is 10.8. The van der Waals surface area contributed by atoms with Crippen molar-refractivity contribution in [2.24, 2.45) is 0 Å². The van der Waals surface area contributed by atoms with Crippen LogP contribution in [0.3, 0.4) is 0 Å². The Labute approximate surface area is 226 Å². The topological polar surface area (TPSA) is 29.1 Å². The monoisotopic (exact) mass is 561 g/mol. The van der Waals surface area contributed by atoms with Crippen LogP contribution in [-0.4, -0.2) is 11.6 Å². The molecule has 0 aliphatic carbocycles. The van der Waals surface area contributed by atoms with Gasteiger partial charge in [-0.2, -0.15) is 17.7 Å². The summed E-state index contributed by atoms with van der Waals surface area (Å²) >= 11 is 2.32. The van der Waals surface area contributed by atoms with Crippen molar-refractivity contribution in [3.05, 3.63) is 109 Å². The molecule has 0 fully saturated rings. The molecule has 0 N–H and O–H groups in total. The minimum atomic E-state index is -4.47. The lowest BCUT2D eigenvalue weighted by molar-refractivity contribution is -0.690. The van der Waals surface area contributed by atoms with E-state index in [-0.39, 0.29) is 22.9 Å². The predicted molar refractivity (Wildman–Crippen MR) is 138 cm³/mol. The number of rotatable bonds is 4. The number of alkyl halides is 3. The van der Waals surface area contributed by atoms with E-state index in [1.54, 1.807) is 22.6 Å². The molecular formula is C27H23ClF3N3OS2. The molecule has 192 valence electrons. The highest BCUT2D eigenvalue weighted by atomic mass is 35.5. The number of hydrogen-bond acceptors (Lipinski definition) is 4. The molecular weight excluding hydrogens is 539 g/mol. The van der Waals surface area contributed by atoms with Gasteiger partial charge in [-0.3, -0.25) is 9.36 Å². The molecule has 0 atom stereocenters. The summed E-state index contributed by atoms with van der Waals surface area (Å²) in [5.41, 5.74) is 1.65. The van der Waals surface area contributed by atoms with Crippen LogP contribution >= 0.6 is 23.1 Å². The van der Waals surface area contributed by atoms with Crippen molar-refractivity contribution < 1.29 is 30.1 Å². The Morgan fingerprint density at radius 3 is 2.43 bits per heavy atom. The van der Waals surface area contributed by atoms with Crippen LogP contribution < -0.4 is 36.6 Å². The van der Waals surface area contributed by atoms with E-state index in [0.29, 0.717) is 28.3 Å². The van der Waals surface area contributed by atoms with Gasteiger partial charge in [0, 0.05) is 42.3 Å². The van der Waals surface area contributed by atoms with E-state index in [4.69, 9.17) is 0 Å². The standard InChI is InChI=1S/C27H23F3N3OS2.ClH/c1-3-33-22(16-19-12-7-8-15-32(19)17-18-10-5-4-6-11-18)35-24(25(33)34)26-31(2)21-14-9-13-20(23(21)36-26)27(28,29)30;/h4-16H,3,17H2,1-2H3;1H/q+1;/p-1/b26-24+;. The highest BCUT2D eigenvalue weighted by molar-refractivity contribution is 8.08. The Bertz CT molecular complexity index is 1610. The summed E-state index contributed by atoms with van der Waals surface area (Å²) in [5.74, 6) is 0.